The first-order valence-corrected chi connectivity index (χ1v) is 10.3. The topological polar surface area (TPSA) is 66.5 Å². The lowest BCUT2D eigenvalue weighted by Crippen LogP contribution is -2.43. The summed E-state index contributed by atoms with van der Waals surface area (Å²) in [6, 6.07) is 14.3. The molecular weight excluding hydrogens is 348 g/mol. The van der Waals surface area contributed by atoms with Crippen LogP contribution >= 0.6 is 0 Å². The molecule has 1 aliphatic rings. The van der Waals surface area contributed by atoms with Gasteiger partial charge in [-0.2, -0.15) is 4.31 Å². The van der Waals surface area contributed by atoms with Crippen molar-refractivity contribution >= 4 is 21.6 Å². The van der Waals surface area contributed by atoms with E-state index in [-0.39, 0.29) is 23.3 Å². The zero-order valence-electron chi connectivity index (χ0n) is 15.1. The van der Waals surface area contributed by atoms with Crippen LogP contribution in [0.2, 0.25) is 0 Å². The molecule has 2 aromatic rings. The molecule has 6 heteroatoms. The summed E-state index contributed by atoms with van der Waals surface area (Å²) >= 11 is 0. The Morgan fingerprint density at radius 2 is 1.69 bits per heavy atom. The molecule has 1 amide bonds. The Kier molecular flexibility index (Phi) is 5.44. The third-order valence-corrected chi connectivity index (χ3v) is 6.74. The lowest BCUT2D eigenvalue weighted by Gasteiger charge is -2.31. The van der Waals surface area contributed by atoms with E-state index in [1.54, 1.807) is 30.3 Å². The summed E-state index contributed by atoms with van der Waals surface area (Å²) in [4.78, 5) is 13.0. The summed E-state index contributed by atoms with van der Waals surface area (Å²) in [7, 11) is -3.56. The van der Waals surface area contributed by atoms with Gasteiger partial charge in [0.05, 0.1) is 10.8 Å². The molecule has 1 saturated heterocycles. The molecule has 5 nitrogen and oxygen atoms in total. The van der Waals surface area contributed by atoms with Gasteiger partial charge in [0.2, 0.25) is 15.9 Å². The molecule has 0 bridgehead atoms. The van der Waals surface area contributed by atoms with E-state index in [0.717, 1.165) is 16.8 Å². The first kappa shape index (κ1) is 18.6. The van der Waals surface area contributed by atoms with Crippen molar-refractivity contribution in [3.05, 3.63) is 59.7 Å². The number of carbonyl (C=O) groups excluding carboxylic acids is 1. The predicted octanol–water partition coefficient (Wildman–Crippen LogP) is 3.34. The van der Waals surface area contributed by atoms with Crippen molar-refractivity contribution in [2.75, 3.05) is 18.4 Å². The number of sulfonamides is 1. The van der Waals surface area contributed by atoms with E-state index >= 15 is 0 Å². The van der Waals surface area contributed by atoms with Crippen LogP contribution in [0.25, 0.3) is 0 Å². The van der Waals surface area contributed by atoms with Crippen LogP contribution in [-0.4, -0.2) is 31.7 Å². The first-order valence-electron chi connectivity index (χ1n) is 8.82. The third-order valence-electron chi connectivity index (χ3n) is 4.87. The maximum atomic E-state index is 12.8. The second-order valence-electron chi connectivity index (χ2n) is 6.77. The molecule has 3 rings (SSSR count). The molecule has 1 fully saturated rings. The minimum Gasteiger partial charge on any atom is -0.325 e. The van der Waals surface area contributed by atoms with E-state index in [2.05, 4.69) is 5.32 Å². The fourth-order valence-corrected chi connectivity index (χ4v) is 4.90. The van der Waals surface area contributed by atoms with Crippen LogP contribution in [0.15, 0.2) is 53.4 Å². The summed E-state index contributed by atoms with van der Waals surface area (Å²) in [6.07, 6.45) is 1.37. The maximum Gasteiger partial charge on any atom is 0.243 e. The maximum absolute atomic E-state index is 12.8. The number of benzene rings is 2. The molecule has 1 atom stereocenters. The minimum atomic E-state index is -3.56. The number of nitrogens with zero attached hydrogens (tertiary/aromatic N) is 1. The summed E-state index contributed by atoms with van der Waals surface area (Å²) in [5.74, 6) is -0.461. The van der Waals surface area contributed by atoms with E-state index in [9.17, 15) is 13.2 Å². The highest BCUT2D eigenvalue weighted by molar-refractivity contribution is 7.89. The number of anilines is 1. The fourth-order valence-electron chi connectivity index (χ4n) is 3.35. The molecule has 0 spiro atoms. The number of aryl methyl sites for hydroxylation is 2. The van der Waals surface area contributed by atoms with Crippen LogP contribution in [0.3, 0.4) is 0 Å². The Bertz CT molecular complexity index is 874. The molecule has 138 valence electrons. The molecule has 1 heterocycles. The van der Waals surface area contributed by atoms with Gasteiger partial charge in [0.25, 0.3) is 0 Å². The van der Waals surface area contributed by atoms with Crippen molar-refractivity contribution in [3.8, 4) is 0 Å². The van der Waals surface area contributed by atoms with Gasteiger partial charge < -0.3 is 5.32 Å². The largest absolute Gasteiger partial charge is 0.325 e. The van der Waals surface area contributed by atoms with Gasteiger partial charge in [0.1, 0.15) is 0 Å². The Balaban J connectivity index is 1.75. The summed E-state index contributed by atoms with van der Waals surface area (Å²) in [5, 5.41) is 3.00. The summed E-state index contributed by atoms with van der Waals surface area (Å²) < 4.78 is 27.1. The minimum absolute atomic E-state index is 0.115. The second kappa shape index (κ2) is 7.60. The summed E-state index contributed by atoms with van der Waals surface area (Å²) in [6.45, 7) is 4.57. The van der Waals surface area contributed by atoms with Crippen LogP contribution in [0, 0.1) is 19.8 Å². The molecule has 1 aliphatic heterocycles. The zero-order chi connectivity index (χ0) is 18.7. The number of hydrogen-bond donors (Lipinski definition) is 1. The van der Waals surface area contributed by atoms with Gasteiger partial charge >= 0.3 is 0 Å². The van der Waals surface area contributed by atoms with Crippen molar-refractivity contribution in [2.24, 2.45) is 5.92 Å². The average Bonchev–Trinajstić information content (AvgIpc) is 2.65. The van der Waals surface area contributed by atoms with Crippen LogP contribution in [-0.2, 0) is 14.8 Å². The molecule has 2 aromatic carbocycles. The van der Waals surface area contributed by atoms with Gasteiger partial charge in [-0.1, -0.05) is 36.4 Å². The van der Waals surface area contributed by atoms with E-state index in [4.69, 9.17) is 0 Å². The Morgan fingerprint density at radius 1 is 1.04 bits per heavy atom. The molecule has 26 heavy (non-hydrogen) atoms. The Hall–Kier alpha value is -2.18. The van der Waals surface area contributed by atoms with Crippen molar-refractivity contribution in [1.82, 2.24) is 4.31 Å². The van der Waals surface area contributed by atoms with E-state index in [0.29, 0.717) is 19.4 Å². The highest BCUT2D eigenvalue weighted by Crippen LogP contribution is 2.26. The van der Waals surface area contributed by atoms with Crippen LogP contribution in [0.4, 0.5) is 5.69 Å². The second-order valence-corrected chi connectivity index (χ2v) is 8.71. The van der Waals surface area contributed by atoms with Crippen molar-refractivity contribution in [2.45, 2.75) is 31.6 Å². The quantitative estimate of drug-likeness (QED) is 0.895. The van der Waals surface area contributed by atoms with Gasteiger partial charge in [-0.15, -0.1) is 0 Å². The number of rotatable bonds is 4. The summed E-state index contributed by atoms with van der Waals surface area (Å²) in [5.41, 5.74) is 2.83. The molecule has 0 radical (unpaired) electrons. The van der Waals surface area contributed by atoms with Crippen molar-refractivity contribution < 1.29 is 13.2 Å². The van der Waals surface area contributed by atoms with Gasteiger partial charge in [0.15, 0.2) is 0 Å². The first-order chi connectivity index (χ1) is 12.4. The van der Waals surface area contributed by atoms with Crippen LogP contribution in [0.5, 0.6) is 0 Å². The average molecular weight is 372 g/mol. The molecule has 0 aromatic heterocycles. The van der Waals surface area contributed by atoms with E-state index < -0.39 is 10.0 Å². The van der Waals surface area contributed by atoms with Crippen LogP contribution in [0.1, 0.15) is 24.0 Å². The number of piperidine rings is 1. The van der Waals surface area contributed by atoms with E-state index in [1.165, 1.54) is 4.31 Å². The number of nitrogens with one attached hydrogen (secondary N) is 1. The smallest absolute Gasteiger partial charge is 0.243 e. The van der Waals surface area contributed by atoms with Crippen LogP contribution < -0.4 is 5.32 Å². The number of carbonyl (C=O) groups is 1. The lowest BCUT2D eigenvalue weighted by atomic mass is 9.98. The van der Waals surface area contributed by atoms with E-state index in [1.807, 2.05) is 32.0 Å². The van der Waals surface area contributed by atoms with Crippen molar-refractivity contribution in [1.29, 1.82) is 0 Å². The van der Waals surface area contributed by atoms with Crippen molar-refractivity contribution in [3.63, 3.8) is 0 Å². The number of para-hydroxylation sites is 1. The van der Waals surface area contributed by atoms with Gasteiger partial charge in [0, 0.05) is 18.8 Å². The molecular formula is C20H24N2O3S. The highest BCUT2D eigenvalue weighted by Gasteiger charge is 2.33. The zero-order valence-corrected chi connectivity index (χ0v) is 15.9. The Morgan fingerprint density at radius 3 is 2.35 bits per heavy atom. The normalized spacial score (nSPS) is 18.5. The molecule has 0 unspecified atom stereocenters. The Labute approximate surface area is 155 Å². The molecule has 0 aliphatic carbocycles. The number of amides is 1. The monoisotopic (exact) mass is 372 g/mol. The standard InChI is InChI=1S/C20H24N2O3S/c1-15-8-6-9-16(2)19(15)21-20(23)17-10-7-13-22(14-17)26(24,25)18-11-4-3-5-12-18/h3-6,8-9,11-12,17H,7,10,13-14H2,1-2H3,(H,21,23)/t17-/m0/s1. The lowest BCUT2D eigenvalue weighted by molar-refractivity contribution is -0.120. The van der Waals surface area contributed by atoms with Gasteiger partial charge in [-0.3, -0.25) is 4.79 Å². The fraction of sp³-hybridized carbons (Fsp3) is 0.350. The third kappa shape index (κ3) is 3.81. The predicted molar refractivity (Wildman–Crippen MR) is 102 cm³/mol. The number of hydrogen-bond acceptors (Lipinski definition) is 3. The van der Waals surface area contributed by atoms with Gasteiger partial charge in [-0.25, -0.2) is 8.42 Å². The molecule has 1 N–H and O–H groups in total. The highest BCUT2D eigenvalue weighted by atomic mass is 32.2. The van der Waals surface area contributed by atoms with Gasteiger partial charge in [-0.05, 0) is 49.9 Å². The molecule has 0 saturated carbocycles. The SMILES string of the molecule is Cc1cccc(C)c1NC(=O)[C@H]1CCCN(S(=O)(=O)c2ccccc2)C1.